The Morgan fingerprint density at radius 1 is 1.26 bits per heavy atom. The molecule has 0 atom stereocenters. The molecule has 0 spiro atoms. The number of benzene rings is 1. The highest BCUT2D eigenvalue weighted by Gasteiger charge is 2.32. The normalized spacial score (nSPS) is 11.4. The van der Waals surface area contributed by atoms with E-state index < -0.39 is 24.5 Å². The Morgan fingerprint density at radius 3 is 2.48 bits per heavy atom. The van der Waals surface area contributed by atoms with Crippen molar-refractivity contribution < 1.29 is 41.0 Å². The fraction of sp³-hybridized carbons (Fsp3) is 0.250. The summed E-state index contributed by atoms with van der Waals surface area (Å²) in [5.41, 5.74) is -1.06. The molecule has 1 heterocycles. The molecule has 0 amide bonds. The van der Waals surface area contributed by atoms with Gasteiger partial charge >= 0.3 is 18.8 Å². The standard InChI is InChI=1S/C16H11ClF5NO4/c1-25-11-5-8(4-10(17)13(11)27-15(18)19)7-26-14(24)9-2-3-12(23-6-9)16(20,21)22/h2-6,15H,7H2,1H3. The Morgan fingerprint density at radius 2 is 1.96 bits per heavy atom. The van der Waals surface area contributed by atoms with Crippen LogP contribution in [0.15, 0.2) is 30.5 Å². The van der Waals surface area contributed by atoms with E-state index in [1.807, 2.05) is 0 Å². The lowest BCUT2D eigenvalue weighted by atomic mass is 10.2. The molecule has 0 saturated carbocycles. The third-order valence-electron chi connectivity index (χ3n) is 3.16. The zero-order valence-electron chi connectivity index (χ0n) is 13.5. The second kappa shape index (κ2) is 8.38. The van der Waals surface area contributed by atoms with Gasteiger partial charge in [-0.1, -0.05) is 11.6 Å². The summed E-state index contributed by atoms with van der Waals surface area (Å²) in [6.45, 7) is -3.46. The van der Waals surface area contributed by atoms with Crippen molar-refractivity contribution in [2.75, 3.05) is 7.11 Å². The van der Waals surface area contributed by atoms with E-state index in [9.17, 15) is 26.7 Å². The molecular weight excluding hydrogens is 401 g/mol. The number of hydrogen-bond acceptors (Lipinski definition) is 5. The zero-order valence-corrected chi connectivity index (χ0v) is 14.3. The second-order valence-corrected chi connectivity index (χ2v) is 5.40. The van der Waals surface area contributed by atoms with Crippen molar-refractivity contribution in [1.29, 1.82) is 0 Å². The summed E-state index contributed by atoms with van der Waals surface area (Å²) in [6, 6.07) is 4.06. The summed E-state index contributed by atoms with van der Waals surface area (Å²) in [5, 5.41) is -0.197. The van der Waals surface area contributed by atoms with Crippen LogP contribution in [0.3, 0.4) is 0 Å². The van der Waals surface area contributed by atoms with Gasteiger partial charge in [0, 0.05) is 6.20 Å². The van der Waals surface area contributed by atoms with E-state index in [1.54, 1.807) is 0 Å². The lowest BCUT2D eigenvalue weighted by Crippen LogP contribution is -2.10. The van der Waals surface area contributed by atoms with Gasteiger partial charge in [-0.15, -0.1) is 0 Å². The summed E-state index contributed by atoms with van der Waals surface area (Å²) in [7, 11) is 1.20. The third-order valence-corrected chi connectivity index (χ3v) is 3.44. The minimum atomic E-state index is -4.63. The molecule has 0 unspecified atom stereocenters. The Kier molecular flexibility index (Phi) is 6.42. The molecule has 0 aliphatic carbocycles. The first kappa shape index (κ1) is 20.7. The Hall–Kier alpha value is -2.62. The van der Waals surface area contributed by atoms with E-state index in [-0.39, 0.29) is 34.3 Å². The highest BCUT2D eigenvalue weighted by Crippen LogP contribution is 2.37. The average molecular weight is 412 g/mol. The van der Waals surface area contributed by atoms with Crippen molar-refractivity contribution in [3.63, 3.8) is 0 Å². The van der Waals surface area contributed by atoms with Gasteiger partial charge in [-0.2, -0.15) is 22.0 Å². The molecule has 146 valence electrons. The molecule has 0 aliphatic rings. The largest absolute Gasteiger partial charge is 0.493 e. The minimum Gasteiger partial charge on any atom is -0.493 e. The highest BCUT2D eigenvalue weighted by molar-refractivity contribution is 6.32. The van der Waals surface area contributed by atoms with E-state index in [2.05, 4.69) is 9.72 Å². The monoisotopic (exact) mass is 411 g/mol. The van der Waals surface area contributed by atoms with Gasteiger partial charge in [-0.3, -0.25) is 4.98 Å². The van der Waals surface area contributed by atoms with Crippen LogP contribution in [-0.4, -0.2) is 24.7 Å². The number of esters is 1. The third kappa shape index (κ3) is 5.43. The number of pyridine rings is 1. The molecule has 0 aliphatic heterocycles. The number of hydrogen-bond donors (Lipinski definition) is 0. The molecule has 2 aromatic rings. The number of methoxy groups -OCH3 is 1. The van der Waals surface area contributed by atoms with Crippen LogP contribution in [0.4, 0.5) is 22.0 Å². The molecule has 0 radical (unpaired) electrons. The molecule has 1 aromatic carbocycles. The number of nitrogens with zero attached hydrogens (tertiary/aromatic N) is 1. The summed E-state index contributed by atoms with van der Waals surface area (Å²) >= 11 is 5.85. The Bertz CT molecular complexity index is 812. The number of rotatable bonds is 6. The topological polar surface area (TPSA) is 57.7 Å². The van der Waals surface area contributed by atoms with Crippen LogP contribution in [0, 0.1) is 0 Å². The lowest BCUT2D eigenvalue weighted by Gasteiger charge is -2.13. The number of alkyl halides is 5. The average Bonchev–Trinajstić information content (AvgIpc) is 2.60. The van der Waals surface area contributed by atoms with Gasteiger partial charge in [-0.05, 0) is 29.8 Å². The summed E-state index contributed by atoms with van der Waals surface area (Å²) in [4.78, 5) is 15.1. The molecule has 27 heavy (non-hydrogen) atoms. The van der Waals surface area contributed by atoms with E-state index >= 15 is 0 Å². The minimum absolute atomic E-state index is 0.106. The molecule has 0 saturated heterocycles. The summed E-state index contributed by atoms with van der Waals surface area (Å²) < 4.78 is 76.2. The molecule has 11 heteroatoms. The van der Waals surface area contributed by atoms with E-state index in [1.165, 1.54) is 19.2 Å². The lowest BCUT2D eigenvalue weighted by molar-refractivity contribution is -0.141. The van der Waals surface area contributed by atoms with Crippen molar-refractivity contribution >= 4 is 17.6 Å². The predicted molar refractivity (Wildman–Crippen MR) is 83.0 cm³/mol. The van der Waals surface area contributed by atoms with E-state index in [0.29, 0.717) is 6.07 Å². The van der Waals surface area contributed by atoms with Gasteiger partial charge in [0.2, 0.25) is 0 Å². The maximum absolute atomic E-state index is 12.5. The van der Waals surface area contributed by atoms with Crippen molar-refractivity contribution in [3.05, 3.63) is 52.3 Å². The van der Waals surface area contributed by atoms with Crippen LogP contribution in [0.2, 0.25) is 5.02 Å². The van der Waals surface area contributed by atoms with Crippen LogP contribution < -0.4 is 9.47 Å². The summed E-state index contributed by atoms with van der Waals surface area (Å²) in [5.74, 6) is -1.42. The fourth-order valence-corrected chi connectivity index (χ4v) is 2.25. The molecule has 2 rings (SSSR count). The molecule has 0 bridgehead atoms. The Balaban J connectivity index is 2.09. The quantitative estimate of drug-likeness (QED) is 0.508. The number of aromatic nitrogens is 1. The number of carbonyl (C=O) groups excluding carboxylic acids is 1. The van der Waals surface area contributed by atoms with Crippen molar-refractivity contribution in [3.8, 4) is 11.5 Å². The zero-order chi connectivity index (χ0) is 20.2. The SMILES string of the molecule is COc1cc(COC(=O)c2ccc(C(F)(F)F)nc2)cc(Cl)c1OC(F)F. The molecule has 0 N–H and O–H groups in total. The number of halogens is 6. The molecular formula is C16H11ClF5NO4. The molecule has 1 aromatic heterocycles. The first-order chi connectivity index (χ1) is 12.6. The van der Waals surface area contributed by atoms with Gasteiger partial charge in [0.15, 0.2) is 11.5 Å². The van der Waals surface area contributed by atoms with E-state index in [0.717, 1.165) is 12.3 Å². The van der Waals surface area contributed by atoms with Gasteiger partial charge in [0.25, 0.3) is 0 Å². The summed E-state index contributed by atoms with van der Waals surface area (Å²) in [6.07, 6.45) is -3.89. The molecule has 0 fully saturated rings. The first-order valence-corrected chi connectivity index (χ1v) is 7.51. The smallest absolute Gasteiger partial charge is 0.433 e. The van der Waals surface area contributed by atoms with Gasteiger partial charge < -0.3 is 14.2 Å². The van der Waals surface area contributed by atoms with Gasteiger partial charge in [0.1, 0.15) is 12.3 Å². The van der Waals surface area contributed by atoms with Crippen molar-refractivity contribution in [1.82, 2.24) is 4.98 Å². The van der Waals surface area contributed by atoms with Gasteiger partial charge in [-0.25, -0.2) is 4.79 Å². The number of ether oxygens (including phenoxy) is 3. The maximum atomic E-state index is 12.5. The van der Waals surface area contributed by atoms with Crippen molar-refractivity contribution in [2.24, 2.45) is 0 Å². The Labute approximate surface area is 154 Å². The number of carbonyl (C=O) groups is 1. The van der Waals surface area contributed by atoms with Crippen LogP contribution in [-0.2, 0) is 17.5 Å². The van der Waals surface area contributed by atoms with Crippen LogP contribution in [0.1, 0.15) is 21.6 Å². The molecule has 5 nitrogen and oxygen atoms in total. The fourth-order valence-electron chi connectivity index (χ4n) is 1.97. The van der Waals surface area contributed by atoms with Crippen LogP contribution in [0.25, 0.3) is 0 Å². The van der Waals surface area contributed by atoms with Crippen LogP contribution in [0.5, 0.6) is 11.5 Å². The highest BCUT2D eigenvalue weighted by atomic mass is 35.5. The predicted octanol–water partition coefficient (Wildman–Crippen LogP) is 4.72. The van der Waals surface area contributed by atoms with E-state index in [4.69, 9.17) is 21.1 Å². The van der Waals surface area contributed by atoms with Crippen LogP contribution >= 0.6 is 11.6 Å². The first-order valence-electron chi connectivity index (χ1n) is 7.13. The second-order valence-electron chi connectivity index (χ2n) is 4.99. The maximum Gasteiger partial charge on any atom is 0.433 e. The van der Waals surface area contributed by atoms with Crippen molar-refractivity contribution in [2.45, 2.75) is 19.4 Å². The van der Waals surface area contributed by atoms with Gasteiger partial charge in [0.05, 0.1) is 17.7 Å².